The molecule has 1 heterocycles. The van der Waals surface area contributed by atoms with Gasteiger partial charge < -0.3 is 10.6 Å². The molecule has 3 nitrogen and oxygen atoms in total. The van der Waals surface area contributed by atoms with Gasteiger partial charge in [0, 0.05) is 6.92 Å². The van der Waals surface area contributed by atoms with Gasteiger partial charge in [-0.2, -0.15) is 0 Å². The molecule has 2 aliphatic rings. The number of hydrogen-bond donors (Lipinski definition) is 2. The molecule has 102 valence electrons. The first-order valence-electron chi connectivity index (χ1n) is 7.29. The van der Waals surface area contributed by atoms with Crippen LogP contribution in [0.4, 0.5) is 0 Å². The van der Waals surface area contributed by atoms with Crippen LogP contribution in [0.25, 0.3) is 0 Å². The fraction of sp³-hybridized carbons (Fsp3) is 0.562. The fourth-order valence-corrected chi connectivity index (χ4v) is 3.18. The van der Waals surface area contributed by atoms with Crippen molar-refractivity contribution >= 4 is 5.91 Å². The van der Waals surface area contributed by atoms with Crippen molar-refractivity contribution in [2.75, 3.05) is 13.1 Å². The predicted octanol–water partition coefficient (Wildman–Crippen LogP) is 2.28. The standard InChI is InChI=1S/C16H22N2O/c1-12(19)18-16(8-9-16)15-4-2-13(3-5-15)14-6-10-17-11-7-14/h2-5,14,17H,6-11H2,1H3,(H,18,19). The molecule has 1 saturated heterocycles. The molecule has 19 heavy (non-hydrogen) atoms. The predicted molar refractivity (Wildman–Crippen MR) is 76.0 cm³/mol. The van der Waals surface area contributed by atoms with Gasteiger partial charge in [0.15, 0.2) is 0 Å². The zero-order valence-electron chi connectivity index (χ0n) is 11.5. The van der Waals surface area contributed by atoms with Crippen LogP contribution in [-0.4, -0.2) is 19.0 Å². The lowest BCUT2D eigenvalue weighted by Gasteiger charge is -2.24. The topological polar surface area (TPSA) is 41.1 Å². The van der Waals surface area contributed by atoms with E-state index in [0.29, 0.717) is 5.92 Å². The average molecular weight is 258 g/mol. The summed E-state index contributed by atoms with van der Waals surface area (Å²) in [6.45, 7) is 3.86. The molecule has 1 aliphatic heterocycles. The van der Waals surface area contributed by atoms with E-state index in [2.05, 4.69) is 34.9 Å². The highest BCUT2D eigenvalue weighted by molar-refractivity contribution is 5.74. The van der Waals surface area contributed by atoms with Gasteiger partial charge in [0.05, 0.1) is 5.54 Å². The van der Waals surface area contributed by atoms with Crippen LogP contribution in [0.1, 0.15) is 49.7 Å². The van der Waals surface area contributed by atoms with Crippen molar-refractivity contribution < 1.29 is 4.79 Å². The Bertz CT molecular complexity index is 456. The Morgan fingerprint density at radius 3 is 2.37 bits per heavy atom. The van der Waals surface area contributed by atoms with Crippen LogP contribution in [0.15, 0.2) is 24.3 Å². The van der Waals surface area contributed by atoms with E-state index in [0.717, 1.165) is 25.9 Å². The van der Waals surface area contributed by atoms with Crippen LogP contribution in [0.5, 0.6) is 0 Å². The summed E-state index contributed by atoms with van der Waals surface area (Å²) in [5, 5.41) is 6.50. The number of benzene rings is 1. The van der Waals surface area contributed by atoms with Gasteiger partial charge in [0.25, 0.3) is 0 Å². The number of hydrogen-bond acceptors (Lipinski definition) is 2. The number of nitrogens with one attached hydrogen (secondary N) is 2. The second-order valence-corrected chi connectivity index (χ2v) is 5.91. The largest absolute Gasteiger partial charge is 0.347 e. The van der Waals surface area contributed by atoms with Crippen molar-refractivity contribution in [1.29, 1.82) is 0 Å². The molecular formula is C16H22N2O. The highest BCUT2D eigenvalue weighted by Gasteiger charge is 2.44. The lowest BCUT2D eigenvalue weighted by atomic mass is 9.89. The van der Waals surface area contributed by atoms with Crippen molar-refractivity contribution in [2.24, 2.45) is 0 Å². The van der Waals surface area contributed by atoms with Crippen LogP contribution in [0.3, 0.4) is 0 Å². The summed E-state index contributed by atoms with van der Waals surface area (Å²) >= 11 is 0. The summed E-state index contributed by atoms with van der Waals surface area (Å²) in [4.78, 5) is 11.3. The Hall–Kier alpha value is -1.35. The maximum Gasteiger partial charge on any atom is 0.217 e. The third-order valence-corrected chi connectivity index (χ3v) is 4.44. The Balaban J connectivity index is 1.73. The number of rotatable bonds is 3. The van der Waals surface area contributed by atoms with Gasteiger partial charge in [-0.1, -0.05) is 24.3 Å². The van der Waals surface area contributed by atoms with Crippen molar-refractivity contribution in [3.8, 4) is 0 Å². The lowest BCUT2D eigenvalue weighted by Crippen LogP contribution is -2.32. The van der Waals surface area contributed by atoms with Crippen molar-refractivity contribution in [1.82, 2.24) is 10.6 Å². The Labute approximate surface area is 114 Å². The fourth-order valence-electron chi connectivity index (χ4n) is 3.18. The molecule has 1 saturated carbocycles. The van der Waals surface area contributed by atoms with Gasteiger partial charge in [0.2, 0.25) is 5.91 Å². The van der Waals surface area contributed by atoms with E-state index in [4.69, 9.17) is 0 Å². The summed E-state index contributed by atoms with van der Waals surface area (Å²) in [6.07, 6.45) is 4.60. The molecule has 0 bridgehead atoms. The smallest absolute Gasteiger partial charge is 0.217 e. The molecule has 0 unspecified atom stereocenters. The van der Waals surface area contributed by atoms with Crippen LogP contribution in [0, 0.1) is 0 Å². The first-order valence-corrected chi connectivity index (χ1v) is 7.29. The van der Waals surface area contributed by atoms with Gasteiger partial charge >= 0.3 is 0 Å². The first kappa shape index (κ1) is 12.7. The maximum atomic E-state index is 11.3. The summed E-state index contributed by atoms with van der Waals surface area (Å²) in [6, 6.07) is 8.93. The minimum Gasteiger partial charge on any atom is -0.347 e. The van der Waals surface area contributed by atoms with Crippen molar-refractivity contribution in [3.05, 3.63) is 35.4 Å². The minimum atomic E-state index is -0.0571. The molecule has 1 aromatic rings. The van der Waals surface area contributed by atoms with E-state index in [-0.39, 0.29) is 11.4 Å². The molecule has 3 heteroatoms. The molecule has 0 spiro atoms. The summed E-state index contributed by atoms with van der Waals surface area (Å²) in [5.74, 6) is 0.770. The zero-order valence-corrected chi connectivity index (χ0v) is 11.5. The molecule has 0 radical (unpaired) electrons. The third kappa shape index (κ3) is 2.66. The zero-order chi connectivity index (χ0) is 13.3. The molecule has 1 aliphatic carbocycles. The number of piperidine rings is 1. The van der Waals surface area contributed by atoms with Gasteiger partial charge in [-0.15, -0.1) is 0 Å². The average Bonchev–Trinajstić information content (AvgIpc) is 3.20. The normalized spacial score (nSPS) is 21.9. The summed E-state index contributed by atoms with van der Waals surface area (Å²) in [5.41, 5.74) is 2.66. The Kier molecular flexibility index (Phi) is 3.31. The molecule has 3 rings (SSSR count). The molecule has 1 amide bonds. The highest BCUT2D eigenvalue weighted by Crippen LogP contribution is 2.45. The minimum absolute atomic E-state index is 0.0571. The van der Waals surface area contributed by atoms with Crippen LogP contribution < -0.4 is 10.6 Å². The third-order valence-electron chi connectivity index (χ3n) is 4.44. The summed E-state index contributed by atoms with van der Waals surface area (Å²) < 4.78 is 0. The summed E-state index contributed by atoms with van der Waals surface area (Å²) in [7, 11) is 0. The molecule has 2 fully saturated rings. The Morgan fingerprint density at radius 2 is 1.84 bits per heavy atom. The van der Waals surface area contributed by atoms with Gasteiger partial charge in [-0.05, 0) is 55.8 Å². The quantitative estimate of drug-likeness (QED) is 0.873. The van der Waals surface area contributed by atoms with Crippen molar-refractivity contribution in [3.63, 3.8) is 0 Å². The van der Waals surface area contributed by atoms with E-state index in [9.17, 15) is 4.79 Å². The van der Waals surface area contributed by atoms with Crippen LogP contribution >= 0.6 is 0 Å². The van der Waals surface area contributed by atoms with E-state index >= 15 is 0 Å². The Morgan fingerprint density at radius 1 is 1.21 bits per heavy atom. The SMILES string of the molecule is CC(=O)NC1(c2ccc(C3CCNCC3)cc2)CC1. The molecular weight excluding hydrogens is 236 g/mol. The van der Waals surface area contributed by atoms with Crippen molar-refractivity contribution in [2.45, 2.75) is 44.1 Å². The molecule has 0 atom stereocenters. The van der Waals surface area contributed by atoms with Gasteiger partial charge in [-0.25, -0.2) is 0 Å². The van der Waals surface area contributed by atoms with Crippen LogP contribution in [-0.2, 0) is 10.3 Å². The molecule has 2 N–H and O–H groups in total. The first-order chi connectivity index (χ1) is 9.20. The maximum absolute atomic E-state index is 11.3. The van der Waals surface area contributed by atoms with E-state index < -0.39 is 0 Å². The number of carbonyl (C=O) groups excluding carboxylic acids is 1. The van der Waals surface area contributed by atoms with E-state index in [1.807, 2.05) is 0 Å². The lowest BCUT2D eigenvalue weighted by molar-refractivity contribution is -0.120. The van der Waals surface area contributed by atoms with Gasteiger partial charge in [0.1, 0.15) is 0 Å². The van der Waals surface area contributed by atoms with E-state index in [1.54, 1.807) is 6.92 Å². The molecule has 0 aromatic heterocycles. The number of amides is 1. The number of carbonyl (C=O) groups is 1. The second kappa shape index (κ2) is 4.97. The highest BCUT2D eigenvalue weighted by atomic mass is 16.1. The van der Waals surface area contributed by atoms with E-state index in [1.165, 1.54) is 24.0 Å². The second-order valence-electron chi connectivity index (χ2n) is 5.91. The van der Waals surface area contributed by atoms with Crippen LogP contribution in [0.2, 0.25) is 0 Å². The molecule has 1 aromatic carbocycles. The monoisotopic (exact) mass is 258 g/mol. The van der Waals surface area contributed by atoms with Gasteiger partial charge in [-0.3, -0.25) is 4.79 Å².